The van der Waals surface area contributed by atoms with E-state index in [4.69, 9.17) is 26.2 Å². The summed E-state index contributed by atoms with van der Waals surface area (Å²) in [6.45, 7) is 3.42. The van der Waals surface area contributed by atoms with Gasteiger partial charge in [-0.3, -0.25) is 0 Å². The first-order valence-corrected chi connectivity index (χ1v) is 5.68. The highest BCUT2D eigenvalue weighted by Crippen LogP contribution is 2.24. The van der Waals surface area contributed by atoms with E-state index in [1.807, 2.05) is 0 Å². The third-order valence-corrected chi connectivity index (χ3v) is 2.35. The molecule has 1 aromatic rings. The van der Waals surface area contributed by atoms with Crippen molar-refractivity contribution < 1.29 is 19.4 Å². The van der Waals surface area contributed by atoms with Gasteiger partial charge in [0.2, 0.25) is 0 Å². The van der Waals surface area contributed by atoms with E-state index in [1.54, 1.807) is 32.0 Å². The molecule has 0 aliphatic carbocycles. The van der Waals surface area contributed by atoms with Gasteiger partial charge in [-0.25, -0.2) is 4.79 Å². The average molecular weight is 259 g/mol. The van der Waals surface area contributed by atoms with E-state index >= 15 is 0 Å². The van der Waals surface area contributed by atoms with Crippen LogP contribution in [0.2, 0.25) is 5.02 Å². The molecule has 0 heterocycles. The van der Waals surface area contributed by atoms with Crippen molar-refractivity contribution in [1.29, 1.82) is 0 Å². The van der Waals surface area contributed by atoms with E-state index < -0.39 is 12.1 Å². The Bertz CT molecular complexity index is 392. The van der Waals surface area contributed by atoms with Crippen molar-refractivity contribution in [2.75, 3.05) is 6.61 Å². The van der Waals surface area contributed by atoms with Crippen LogP contribution in [0.25, 0.3) is 0 Å². The Morgan fingerprint density at radius 1 is 1.53 bits per heavy atom. The lowest BCUT2D eigenvalue weighted by Gasteiger charge is -2.15. The van der Waals surface area contributed by atoms with Gasteiger partial charge in [-0.05, 0) is 32.0 Å². The molecule has 0 aliphatic heterocycles. The monoisotopic (exact) mass is 258 g/mol. The number of aliphatic hydroxyl groups excluding tert-OH is 1. The van der Waals surface area contributed by atoms with Crippen LogP contribution in [0.15, 0.2) is 18.2 Å². The number of aliphatic hydroxyl groups is 1. The Morgan fingerprint density at radius 3 is 2.82 bits per heavy atom. The summed E-state index contributed by atoms with van der Waals surface area (Å²) in [5, 5.41) is 9.65. The normalized spacial score (nSPS) is 12.0. The molecule has 4 nitrogen and oxygen atoms in total. The summed E-state index contributed by atoms with van der Waals surface area (Å²) in [5.41, 5.74) is 0.536. The lowest BCUT2D eigenvalue weighted by atomic mass is 10.2. The Hall–Kier alpha value is -1.26. The van der Waals surface area contributed by atoms with Gasteiger partial charge < -0.3 is 14.6 Å². The van der Waals surface area contributed by atoms with Gasteiger partial charge in [0, 0.05) is 10.6 Å². The van der Waals surface area contributed by atoms with Crippen LogP contribution in [-0.2, 0) is 16.1 Å². The first-order valence-electron chi connectivity index (χ1n) is 5.31. The van der Waals surface area contributed by atoms with Crippen molar-refractivity contribution in [1.82, 2.24) is 0 Å². The summed E-state index contributed by atoms with van der Waals surface area (Å²) in [6, 6.07) is 4.84. The van der Waals surface area contributed by atoms with Crippen molar-refractivity contribution in [3.8, 4) is 5.75 Å². The Kier molecular flexibility index (Phi) is 5.25. The minimum absolute atomic E-state index is 0.203. The predicted molar refractivity (Wildman–Crippen MR) is 64.1 cm³/mol. The van der Waals surface area contributed by atoms with Crippen LogP contribution in [0, 0.1) is 0 Å². The molecule has 0 saturated carbocycles. The number of esters is 1. The largest absolute Gasteiger partial charge is 0.479 e. The van der Waals surface area contributed by atoms with E-state index in [1.165, 1.54) is 0 Å². The average Bonchev–Trinajstić information content (AvgIpc) is 2.31. The van der Waals surface area contributed by atoms with Crippen molar-refractivity contribution in [2.45, 2.75) is 26.6 Å². The summed E-state index contributed by atoms with van der Waals surface area (Å²) in [5.74, 6) is -0.0104. The van der Waals surface area contributed by atoms with Crippen LogP contribution in [0.5, 0.6) is 5.75 Å². The van der Waals surface area contributed by atoms with Crippen LogP contribution >= 0.6 is 11.6 Å². The Morgan fingerprint density at radius 2 is 2.24 bits per heavy atom. The summed E-state index contributed by atoms with van der Waals surface area (Å²) >= 11 is 5.79. The third kappa shape index (κ3) is 3.91. The van der Waals surface area contributed by atoms with E-state index in [9.17, 15) is 4.79 Å². The molecule has 0 aromatic heterocycles. The zero-order valence-corrected chi connectivity index (χ0v) is 10.5. The van der Waals surface area contributed by atoms with Gasteiger partial charge in [0.25, 0.3) is 0 Å². The van der Waals surface area contributed by atoms with Crippen molar-refractivity contribution in [2.24, 2.45) is 0 Å². The standard InChI is InChI=1S/C12H15ClO4/c1-3-16-12(15)8(2)17-11-5-4-10(13)6-9(11)7-14/h4-6,8,14H,3,7H2,1-2H3. The topological polar surface area (TPSA) is 55.8 Å². The zero-order valence-electron chi connectivity index (χ0n) is 9.77. The van der Waals surface area contributed by atoms with Gasteiger partial charge in [0.1, 0.15) is 5.75 Å². The number of halogens is 1. The molecule has 0 bridgehead atoms. The number of carbonyl (C=O) groups is 1. The van der Waals surface area contributed by atoms with Gasteiger partial charge in [0.15, 0.2) is 6.10 Å². The fraction of sp³-hybridized carbons (Fsp3) is 0.417. The molecule has 0 fully saturated rings. The summed E-state index contributed by atoms with van der Waals surface area (Å²) in [7, 11) is 0. The molecule has 94 valence electrons. The molecule has 1 rings (SSSR count). The number of benzene rings is 1. The Labute approximate surface area is 105 Å². The minimum Gasteiger partial charge on any atom is -0.479 e. The summed E-state index contributed by atoms with van der Waals surface area (Å²) in [6.07, 6.45) is -0.721. The van der Waals surface area contributed by atoms with E-state index in [0.717, 1.165) is 0 Å². The number of ether oxygens (including phenoxy) is 2. The minimum atomic E-state index is -0.721. The number of rotatable bonds is 5. The molecule has 17 heavy (non-hydrogen) atoms. The van der Waals surface area contributed by atoms with Crippen LogP contribution < -0.4 is 4.74 Å². The maximum Gasteiger partial charge on any atom is 0.347 e. The molecular weight excluding hydrogens is 244 g/mol. The highest BCUT2D eigenvalue weighted by atomic mass is 35.5. The SMILES string of the molecule is CCOC(=O)C(C)Oc1ccc(Cl)cc1CO. The van der Waals surface area contributed by atoms with Gasteiger partial charge >= 0.3 is 5.97 Å². The fourth-order valence-electron chi connectivity index (χ4n) is 1.28. The van der Waals surface area contributed by atoms with Crippen molar-refractivity contribution >= 4 is 17.6 Å². The zero-order chi connectivity index (χ0) is 12.8. The molecule has 0 aliphatic rings. The molecule has 1 atom stereocenters. The smallest absolute Gasteiger partial charge is 0.347 e. The van der Waals surface area contributed by atoms with E-state index in [2.05, 4.69) is 0 Å². The molecule has 1 N–H and O–H groups in total. The number of hydrogen-bond acceptors (Lipinski definition) is 4. The van der Waals surface area contributed by atoms with E-state index in [0.29, 0.717) is 22.9 Å². The lowest BCUT2D eigenvalue weighted by molar-refractivity contribution is -0.150. The highest BCUT2D eigenvalue weighted by molar-refractivity contribution is 6.30. The molecule has 1 aromatic carbocycles. The first kappa shape index (κ1) is 13.8. The van der Waals surface area contributed by atoms with Crippen molar-refractivity contribution in [3.05, 3.63) is 28.8 Å². The second-order valence-corrected chi connectivity index (χ2v) is 3.86. The number of hydrogen-bond donors (Lipinski definition) is 1. The van der Waals surface area contributed by atoms with Gasteiger partial charge in [-0.1, -0.05) is 11.6 Å². The molecule has 0 radical (unpaired) electrons. The second-order valence-electron chi connectivity index (χ2n) is 3.42. The molecule has 5 heteroatoms. The van der Waals surface area contributed by atoms with Gasteiger partial charge in [0.05, 0.1) is 13.2 Å². The van der Waals surface area contributed by atoms with Gasteiger partial charge in [-0.15, -0.1) is 0 Å². The maximum absolute atomic E-state index is 11.4. The first-order chi connectivity index (χ1) is 8.08. The molecule has 0 spiro atoms. The van der Waals surface area contributed by atoms with Crippen LogP contribution in [0.1, 0.15) is 19.4 Å². The maximum atomic E-state index is 11.4. The molecule has 0 saturated heterocycles. The predicted octanol–water partition coefficient (Wildman–Crippen LogP) is 2.16. The second kappa shape index (κ2) is 6.47. The quantitative estimate of drug-likeness (QED) is 0.823. The summed E-state index contributed by atoms with van der Waals surface area (Å²) in [4.78, 5) is 11.4. The van der Waals surface area contributed by atoms with E-state index in [-0.39, 0.29) is 6.61 Å². The van der Waals surface area contributed by atoms with Crippen LogP contribution in [-0.4, -0.2) is 23.8 Å². The van der Waals surface area contributed by atoms with Crippen LogP contribution in [0.4, 0.5) is 0 Å². The van der Waals surface area contributed by atoms with Gasteiger partial charge in [-0.2, -0.15) is 0 Å². The lowest BCUT2D eigenvalue weighted by Crippen LogP contribution is -2.26. The summed E-state index contributed by atoms with van der Waals surface area (Å²) < 4.78 is 10.2. The third-order valence-electron chi connectivity index (χ3n) is 2.12. The fourth-order valence-corrected chi connectivity index (χ4v) is 1.48. The molecule has 1 unspecified atom stereocenters. The highest BCUT2D eigenvalue weighted by Gasteiger charge is 2.17. The molecule has 0 amide bonds. The van der Waals surface area contributed by atoms with Crippen LogP contribution in [0.3, 0.4) is 0 Å². The Balaban J connectivity index is 2.77. The number of carbonyl (C=O) groups excluding carboxylic acids is 1. The van der Waals surface area contributed by atoms with Crippen molar-refractivity contribution in [3.63, 3.8) is 0 Å². The molecular formula is C12H15ClO4.